The summed E-state index contributed by atoms with van der Waals surface area (Å²) in [7, 11) is 0. The third-order valence-corrected chi connectivity index (χ3v) is 2.97. The molecule has 2 aromatic rings. The highest BCUT2D eigenvalue weighted by Crippen LogP contribution is 2.31. The van der Waals surface area contributed by atoms with Crippen LogP contribution in [0.4, 0.5) is 13.2 Å². The van der Waals surface area contributed by atoms with Gasteiger partial charge in [-0.15, -0.1) is 0 Å². The Morgan fingerprint density at radius 2 is 2.12 bits per heavy atom. The Hall–Kier alpha value is -1.56. The summed E-state index contributed by atoms with van der Waals surface area (Å²) < 4.78 is 39.6. The minimum atomic E-state index is -4.33. The molecular formula is C11H10F3N3. The van der Waals surface area contributed by atoms with Gasteiger partial charge in [0.2, 0.25) is 0 Å². The van der Waals surface area contributed by atoms with E-state index in [0.717, 1.165) is 31.0 Å². The first-order valence-electron chi connectivity index (χ1n) is 5.32. The van der Waals surface area contributed by atoms with E-state index in [2.05, 4.69) is 10.3 Å². The SMILES string of the molecule is FC(F)(F)c1cnc2c(c1)cc1n2CCNC1. The van der Waals surface area contributed by atoms with Crippen LogP contribution in [-0.4, -0.2) is 16.1 Å². The lowest BCUT2D eigenvalue weighted by atomic mass is 10.2. The van der Waals surface area contributed by atoms with Crippen LogP contribution in [-0.2, 0) is 19.3 Å². The number of nitrogens with one attached hydrogen (secondary N) is 1. The van der Waals surface area contributed by atoms with Crippen molar-refractivity contribution in [1.29, 1.82) is 0 Å². The molecule has 0 amide bonds. The number of pyridine rings is 1. The summed E-state index contributed by atoms with van der Waals surface area (Å²) in [5.74, 6) is 0. The Morgan fingerprint density at radius 3 is 2.88 bits per heavy atom. The summed E-state index contributed by atoms with van der Waals surface area (Å²) in [6.45, 7) is 2.24. The lowest BCUT2D eigenvalue weighted by molar-refractivity contribution is -0.137. The van der Waals surface area contributed by atoms with Gasteiger partial charge in [0.25, 0.3) is 0 Å². The van der Waals surface area contributed by atoms with E-state index < -0.39 is 11.7 Å². The standard InChI is InChI=1S/C11H10F3N3/c12-11(13,14)8-3-7-4-9-6-15-1-2-17(9)10(7)16-5-8/h3-5,15H,1-2,6H2. The maximum atomic E-state index is 12.5. The molecule has 3 rings (SSSR count). The van der Waals surface area contributed by atoms with Crippen molar-refractivity contribution in [3.05, 3.63) is 29.6 Å². The largest absolute Gasteiger partial charge is 0.417 e. The van der Waals surface area contributed by atoms with Gasteiger partial charge in [-0.3, -0.25) is 0 Å². The molecule has 2 aromatic heterocycles. The van der Waals surface area contributed by atoms with Crippen LogP contribution in [0, 0.1) is 0 Å². The second-order valence-electron chi connectivity index (χ2n) is 4.10. The van der Waals surface area contributed by atoms with E-state index in [4.69, 9.17) is 0 Å². The van der Waals surface area contributed by atoms with Crippen molar-refractivity contribution in [3.8, 4) is 0 Å². The van der Waals surface area contributed by atoms with Gasteiger partial charge >= 0.3 is 6.18 Å². The Balaban J connectivity index is 2.18. The van der Waals surface area contributed by atoms with Gasteiger partial charge in [-0.1, -0.05) is 0 Å². The second kappa shape index (κ2) is 3.46. The van der Waals surface area contributed by atoms with Gasteiger partial charge in [0, 0.05) is 36.9 Å². The van der Waals surface area contributed by atoms with Gasteiger partial charge in [0.05, 0.1) is 5.56 Å². The van der Waals surface area contributed by atoms with Crippen molar-refractivity contribution in [2.45, 2.75) is 19.3 Å². The summed E-state index contributed by atoms with van der Waals surface area (Å²) in [6, 6.07) is 2.93. The van der Waals surface area contributed by atoms with Crippen molar-refractivity contribution in [1.82, 2.24) is 14.9 Å². The fourth-order valence-corrected chi connectivity index (χ4v) is 2.16. The lowest BCUT2D eigenvalue weighted by Gasteiger charge is -2.16. The number of nitrogens with zero attached hydrogens (tertiary/aromatic N) is 2. The van der Waals surface area contributed by atoms with E-state index in [9.17, 15) is 13.2 Å². The van der Waals surface area contributed by atoms with Gasteiger partial charge in [0.15, 0.2) is 0 Å². The van der Waals surface area contributed by atoms with Crippen molar-refractivity contribution in [3.63, 3.8) is 0 Å². The Bertz CT molecular complexity index is 571. The van der Waals surface area contributed by atoms with Crippen molar-refractivity contribution in [2.75, 3.05) is 6.54 Å². The van der Waals surface area contributed by atoms with E-state index in [1.165, 1.54) is 0 Å². The molecular weight excluding hydrogens is 231 g/mol. The summed E-state index contributed by atoms with van der Waals surface area (Å²) in [6.07, 6.45) is -3.43. The average Bonchev–Trinajstić information content (AvgIpc) is 2.65. The average molecular weight is 241 g/mol. The van der Waals surface area contributed by atoms with Crippen LogP contribution in [0.25, 0.3) is 11.0 Å². The molecule has 90 valence electrons. The smallest absolute Gasteiger partial charge is 0.327 e. The number of hydrogen-bond donors (Lipinski definition) is 1. The molecule has 0 aliphatic carbocycles. The fraction of sp³-hybridized carbons (Fsp3) is 0.364. The Labute approximate surface area is 95.3 Å². The first kappa shape index (κ1) is 10.6. The van der Waals surface area contributed by atoms with Crippen LogP contribution in [0.5, 0.6) is 0 Å². The van der Waals surface area contributed by atoms with Crippen LogP contribution in [0.2, 0.25) is 0 Å². The zero-order chi connectivity index (χ0) is 12.0. The van der Waals surface area contributed by atoms with Crippen LogP contribution in [0.3, 0.4) is 0 Å². The molecule has 6 heteroatoms. The van der Waals surface area contributed by atoms with E-state index >= 15 is 0 Å². The molecule has 3 heterocycles. The zero-order valence-electron chi connectivity index (χ0n) is 8.88. The van der Waals surface area contributed by atoms with Crippen molar-refractivity contribution < 1.29 is 13.2 Å². The van der Waals surface area contributed by atoms with Gasteiger partial charge in [-0.25, -0.2) is 4.98 Å². The molecule has 0 radical (unpaired) electrons. The Kier molecular flexibility index (Phi) is 2.16. The van der Waals surface area contributed by atoms with Crippen LogP contribution in [0.15, 0.2) is 18.3 Å². The number of aromatic nitrogens is 2. The third kappa shape index (κ3) is 1.68. The fourth-order valence-electron chi connectivity index (χ4n) is 2.16. The number of rotatable bonds is 0. The summed E-state index contributed by atoms with van der Waals surface area (Å²) >= 11 is 0. The number of alkyl halides is 3. The third-order valence-electron chi connectivity index (χ3n) is 2.97. The predicted molar refractivity (Wildman–Crippen MR) is 56.4 cm³/mol. The van der Waals surface area contributed by atoms with Gasteiger partial charge in [-0.2, -0.15) is 13.2 Å². The highest BCUT2D eigenvalue weighted by atomic mass is 19.4. The first-order chi connectivity index (χ1) is 8.05. The summed E-state index contributed by atoms with van der Waals surface area (Å²) in [5.41, 5.74) is 0.925. The van der Waals surface area contributed by atoms with Gasteiger partial charge < -0.3 is 9.88 Å². The number of fused-ring (bicyclic) bond motifs is 3. The molecule has 0 spiro atoms. The number of hydrogen-bond acceptors (Lipinski definition) is 2. The first-order valence-corrected chi connectivity index (χ1v) is 5.32. The molecule has 0 aromatic carbocycles. The van der Waals surface area contributed by atoms with Gasteiger partial charge in [-0.05, 0) is 12.1 Å². The van der Waals surface area contributed by atoms with E-state index in [-0.39, 0.29) is 0 Å². The van der Waals surface area contributed by atoms with Crippen molar-refractivity contribution >= 4 is 11.0 Å². The minimum absolute atomic E-state index is 0.554. The summed E-state index contributed by atoms with van der Waals surface area (Å²) in [5, 5.41) is 3.73. The highest BCUT2D eigenvalue weighted by molar-refractivity contribution is 5.78. The minimum Gasteiger partial charge on any atom is -0.327 e. The van der Waals surface area contributed by atoms with Gasteiger partial charge in [0.1, 0.15) is 5.65 Å². The lowest BCUT2D eigenvalue weighted by Crippen LogP contribution is -2.27. The zero-order valence-corrected chi connectivity index (χ0v) is 8.88. The Morgan fingerprint density at radius 1 is 1.29 bits per heavy atom. The molecule has 1 aliphatic rings. The van der Waals surface area contributed by atoms with Crippen LogP contribution in [0.1, 0.15) is 11.3 Å². The predicted octanol–water partition coefficient (Wildman–Crippen LogP) is 2.16. The van der Waals surface area contributed by atoms with Crippen LogP contribution < -0.4 is 5.32 Å². The molecule has 0 atom stereocenters. The quantitative estimate of drug-likeness (QED) is 0.766. The molecule has 1 N–H and O–H groups in total. The van der Waals surface area contributed by atoms with Crippen molar-refractivity contribution in [2.24, 2.45) is 0 Å². The molecule has 17 heavy (non-hydrogen) atoms. The second-order valence-corrected chi connectivity index (χ2v) is 4.10. The molecule has 0 saturated heterocycles. The van der Waals surface area contributed by atoms with E-state index in [0.29, 0.717) is 17.6 Å². The maximum Gasteiger partial charge on any atom is 0.417 e. The molecule has 1 aliphatic heterocycles. The summed E-state index contributed by atoms with van der Waals surface area (Å²) in [4.78, 5) is 3.94. The molecule has 3 nitrogen and oxygen atoms in total. The van der Waals surface area contributed by atoms with E-state index in [1.54, 1.807) is 6.07 Å². The maximum absolute atomic E-state index is 12.5. The topological polar surface area (TPSA) is 29.9 Å². The normalized spacial score (nSPS) is 16.2. The highest BCUT2D eigenvalue weighted by Gasteiger charge is 2.31. The molecule has 0 bridgehead atoms. The molecule has 0 fully saturated rings. The monoisotopic (exact) mass is 241 g/mol. The van der Waals surface area contributed by atoms with E-state index in [1.807, 2.05) is 4.57 Å². The molecule has 0 unspecified atom stereocenters. The number of halogens is 3. The van der Waals surface area contributed by atoms with Crippen LogP contribution >= 0.6 is 0 Å². The molecule has 0 saturated carbocycles.